The molecule has 1 aromatic heterocycles. The minimum absolute atomic E-state index is 0.539. The van der Waals surface area contributed by atoms with Gasteiger partial charge in [-0.2, -0.15) is 0 Å². The predicted octanol–water partition coefficient (Wildman–Crippen LogP) is 3.06. The van der Waals surface area contributed by atoms with Gasteiger partial charge in [-0.1, -0.05) is 18.2 Å². The summed E-state index contributed by atoms with van der Waals surface area (Å²) in [6, 6.07) is 12.1. The van der Waals surface area contributed by atoms with Crippen molar-refractivity contribution in [1.82, 2.24) is 15.6 Å². The smallest absolute Gasteiger partial charge is 0.191 e. The zero-order valence-corrected chi connectivity index (χ0v) is 16.5. The minimum atomic E-state index is 0.539. The Morgan fingerprint density at radius 3 is 2.78 bits per heavy atom. The molecule has 2 rings (SSSR count). The van der Waals surface area contributed by atoms with Crippen molar-refractivity contribution < 1.29 is 9.47 Å². The number of hydrogen-bond acceptors (Lipinski definition) is 4. The number of benzene rings is 1. The highest BCUT2D eigenvalue weighted by atomic mass is 16.5. The van der Waals surface area contributed by atoms with Gasteiger partial charge >= 0.3 is 0 Å². The highest BCUT2D eigenvalue weighted by Crippen LogP contribution is 2.21. The zero-order valence-electron chi connectivity index (χ0n) is 16.5. The van der Waals surface area contributed by atoms with Crippen molar-refractivity contribution in [3.8, 4) is 5.75 Å². The van der Waals surface area contributed by atoms with Crippen LogP contribution in [-0.2, 0) is 17.8 Å². The van der Waals surface area contributed by atoms with Crippen LogP contribution in [0.25, 0.3) is 0 Å². The minimum Gasteiger partial charge on any atom is -0.493 e. The lowest BCUT2D eigenvalue weighted by Crippen LogP contribution is -2.37. The number of aliphatic imine (C=N–C) groups is 1. The van der Waals surface area contributed by atoms with E-state index in [1.807, 2.05) is 25.1 Å². The molecule has 2 N–H and O–H groups in total. The van der Waals surface area contributed by atoms with Crippen LogP contribution in [0.2, 0.25) is 0 Å². The van der Waals surface area contributed by atoms with Crippen molar-refractivity contribution in [1.29, 1.82) is 0 Å². The largest absolute Gasteiger partial charge is 0.493 e. The second-order valence-electron chi connectivity index (χ2n) is 6.18. The zero-order chi connectivity index (χ0) is 19.3. The summed E-state index contributed by atoms with van der Waals surface area (Å²) >= 11 is 0. The molecule has 1 aromatic carbocycles. The molecule has 0 saturated carbocycles. The van der Waals surface area contributed by atoms with E-state index in [1.54, 1.807) is 13.3 Å². The predicted molar refractivity (Wildman–Crippen MR) is 109 cm³/mol. The van der Waals surface area contributed by atoms with E-state index in [2.05, 4.69) is 40.7 Å². The first-order valence-corrected chi connectivity index (χ1v) is 9.36. The number of nitrogens with zero attached hydrogens (tertiary/aromatic N) is 2. The molecule has 6 heteroatoms. The quantitative estimate of drug-likeness (QED) is 0.382. The van der Waals surface area contributed by atoms with Gasteiger partial charge in [-0.3, -0.25) is 4.98 Å². The fourth-order valence-corrected chi connectivity index (χ4v) is 2.50. The summed E-state index contributed by atoms with van der Waals surface area (Å²) < 4.78 is 11.0. The molecule has 0 amide bonds. The Kier molecular flexibility index (Phi) is 9.13. The molecule has 0 saturated heterocycles. The summed E-state index contributed by atoms with van der Waals surface area (Å²) in [5.74, 6) is 1.64. The first-order valence-electron chi connectivity index (χ1n) is 9.36. The van der Waals surface area contributed by atoms with Gasteiger partial charge in [0.05, 0.1) is 25.4 Å². The van der Waals surface area contributed by atoms with Crippen LogP contribution in [0.15, 0.2) is 47.6 Å². The molecule has 0 aliphatic heterocycles. The lowest BCUT2D eigenvalue weighted by molar-refractivity contribution is 0.172. The van der Waals surface area contributed by atoms with Gasteiger partial charge in [-0.25, -0.2) is 4.99 Å². The summed E-state index contributed by atoms with van der Waals surface area (Å²) in [7, 11) is 1.70. The molecule has 0 aliphatic rings. The molecule has 6 nitrogen and oxygen atoms in total. The number of aryl methyl sites for hydroxylation is 1. The van der Waals surface area contributed by atoms with E-state index < -0.39 is 0 Å². The van der Waals surface area contributed by atoms with Gasteiger partial charge in [0, 0.05) is 38.4 Å². The number of aromatic nitrogens is 1. The van der Waals surface area contributed by atoms with E-state index in [0.717, 1.165) is 35.9 Å². The molecular formula is C21H30N4O2. The van der Waals surface area contributed by atoms with Crippen LogP contribution >= 0.6 is 0 Å². The van der Waals surface area contributed by atoms with Gasteiger partial charge in [-0.05, 0) is 37.6 Å². The fraction of sp³-hybridized carbons (Fsp3) is 0.429. The van der Waals surface area contributed by atoms with E-state index in [4.69, 9.17) is 14.5 Å². The molecule has 146 valence electrons. The molecular weight excluding hydrogens is 340 g/mol. The van der Waals surface area contributed by atoms with Crippen LogP contribution in [0.3, 0.4) is 0 Å². The average Bonchev–Trinajstić information content (AvgIpc) is 2.69. The molecule has 0 unspecified atom stereocenters. The van der Waals surface area contributed by atoms with E-state index >= 15 is 0 Å². The van der Waals surface area contributed by atoms with Crippen molar-refractivity contribution >= 4 is 5.96 Å². The number of guanidine groups is 1. The Morgan fingerprint density at radius 2 is 2.04 bits per heavy atom. The van der Waals surface area contributed by atoms with E-state index in [9.17, 15) is 0 Å². The number of hydrogen-bond donors (Lipinski definition) is 2. The molecule has 0 bridgehead atoms. The van der Waals surface area contributed by atoms with Crippen LogP contribution in [0.1, 0.15) is 30.2 Å². The van der Waals surface area contributed by atoms with Gasteiger partial charge in [0.15, 0.2) is 5.96 Å². The molecule has 0 atom stereocenters. The first kappa shape index (κ1) is 20.7. The van der Waals surface area contributed by atoms with Crippen LogP contribution in [0.5, 0.6) is 5.75 Å². The maximum absolute atomic E-state index is 5.94. The molecule has 0 radical (unpaired) electrons. The Labute approximate surface area is 162 Å². The second-order valence-corrected chi connectivity index (χ2v) is 6.18. The third-order valence-corrected chi connectivity index (χ3v) is 3.89. The van der Waals surface area contributed by atoms with E-state index in [1.165, 1.54) is 5.56 Å². The van der Waals surface area contributed by atoms with Crippen molar-refractivity contribution in [2.45, 2.75) is 33.4 Å². The summed E-state index contributed by atoms with van der Waals surface area (Å²) in [5, 5.41) is 6.58. The van der Waals surface area contributed by atoms with Gasteiger partial charge < -0.3 is 20.1 Å². The van der Waals surface area contributed by atoms with Crippen molar-refractivity contribution in [3.63, 3.8) is 0 Å². The average molecular weight is 370 g/mol. The molecule has 0 fully saturated rings. The molecule has 0 spiro atoms. The Morgan fingerprint density at radius 1 is 1.15 bits per heavy atom. The topological polar surface area (TPSA) is 67.8 Å². The van der Waals surface area contributed by atoms with Crippen molar-refractivity contribution in [3.05, 3.63) is 59.4 Å². The lowest BCUT2D eigenvalue weighted by Gasteiger charge is -2.13. The van der Waals surface area contributed by atoms with E-state index in [0.29, 0.717) is 26.3 Å². The summed E-state index contributed by atoms with van der Waals surface area (Å²) in [5.41, 5.74) is 3.21. The van der Waals surface area contributed by atoms with Gasteiger partial charge in [-0.15, -0.1) is 0 Å². The molecule has 1 heterocycles. The summed E-state index contributed by atoms with van der Waals surface area (Å²) in [6.45, 7) is 7.40. The Balaban J connectivity index is 2.00. The SMILES string of the molecule is CCNC(=NCc1ccc(C)cc1OCCCOC)NCc1ccccn1. The van der Waals surface area contributed by atoms with Crippen LogP contribution in [-0.4, -0.2) is 37.8 Å². The second kappa shape index (κ2) is 11.9. The number of ether oxygens (including phenoxy) is 2. The first-order chi connectivity index (χ1) is 13.2. The highest BCUT2D eigenvalue weighted by molar-refractivity contribution is 5.79. The fourth-order valence-electron chi connectivity index (χ4n) is 2.50. The van der Waals surface area contributed by atoms with Crippen molar-refractivity contribution in [2.75, 3.05) is 26.9 Å². The maximum atomic E-state index is 5.94. The Hall–Kier alpha value is -2.60. The Bertz CT molecular complexity index is 705. The number of methoxy groups -OCH3 is 1. The number of pyridine rings is 1. The normalized spacial score (nSPS) is 11.3. The molecule has 27 heavy (non-hydrogen) atoms. The van der Waals surface area contributed by atoms with Crippen LogP contribution in [0.4, 0.5) is 0 Å². The summed E-state index contributed by atoms with van der Waals surface area (Å²) in [4.78, 5) is 9.02. The van der Waals surface area contributed by atoms with Gasteiger partial charge in [0.25, 0.3) is 0 Å². The van der Waals surface area contributed by atoms with Crippen molar-refractivity contribution in [2.24, 2.45) is 4.99 Å². The highest BCUT2D eigenvalue weighted by Gasteiger charge is 2.05. The number of rotatable bonds is 10. The monoisotopic (exact) mass is 370 g/mol. The molecule has 0 aliphatic carbocycles. The molecule has 2 aromatic rings. The maximum Gasteiger partial charge on any atom is 0.191 e. The number of nitrogens with one attached hydrogen (secondary N) is 2. The van der Waals surface area contributed by atoms with Gasteiger partial charge in [0.1, 0.15) is 5.75 Å². The third kappa shape index (κ3) is 7.66. The standard InChI is InChI=1S/C21H30N4O2/c1-4-22-21(25-16-19-8-5-6-11-23-19)24-15-18-10-9-17(2)14-20(18)27-13-7-12-26-3/h5-6,8-11,14H,4,7,12-13,15-16H2,1-3H3,(H2,22,24,25). The van der Waals surface area contributed by atoms with Crippen LogP contribution < -0.4 is 15.4 Å². The van der Waals surface area contributed by atoms with Crippen LogP contribution in [0, 0.1) is 6.92 Å². The third-order valence-electron chi connectivity index (χ3n) is 3.89. The van der Waals surface area contributed by atoms with Gasteiger partial charge in [0.2, 0.25) is 0 Å². The van der Waals surface area contributed by atoms with E-state index in [-0.39, 0.29) is 0 Å². The lowest BCUT2D eigenvalue weighted by atomic mass is 10.1. The summed E-state index contributed by atoms with van der Waals surface area (Å²) in [6.07, 6.45) is 2.65.